The zero-order valence-corrected chi connectivity index (χ0v) is 18.6. The number of carbonyl (C=O) groups excluding carboxylic acids is 2. The summed E-state index contributed by atoms with van der Waals surface area (Å²) in [6.45, 7) is 6.17. The van der Waals surface area contributed by atoms with Gasteiger partial charge in [0.2, 0.25) is 0 Å². The van der Waals surface area contributed by atoms with E-state index in [9.17, 15) is 9.59 Å². The van der Waals surface area contributed by atoms with Crippen LogP contribution in [-0.2, 0) is 9.47 Å². The van der Waals surface area contributed by atoms with Crippen molar-refractivity contribution in [2.75, 3.05) is 26.1 Å². The molecule has 1 aromatic heterocycles. The number of hydrogen-bond donors (Lipinski definition) is 2. The van der Waals surface area contributed by atoms with E-state index >= 15 is 0 Å². The summed E-state index contributed by atoms with van der Waals surface area (Å²) < 4.78 is 15.1. The molecule has 0 saturated heterocycles. The lowest BCUT2D eigenvalue weighted by Crippen LogP contribution is -2.31. The van der Waals surface area contributed by atoms with E-state index in [1.54, 1.807) is 6.92 Å². The first-order valence-corrected chi connectivity index (χ1v) is 10.1. The number of benzene rings is 1. The monoisotopic (exact) mass is 436 g/mol. The molecule has 0 fully saturated rings. The number of thiophene rings is 1. The minimum Gasteiger partial charge on any atom is -0.494 e. The first-order valence-electron chi connectivity index (χ1n) is 8.92. The Kier molecular flexibility index (Phi) is 7.98. The maximum Gasteiger partial charge on any atom is 0.348 e. The average molecular weight is 437 g/mol. The van der Waals surface area contributed by atoms with Crippen LogP contribution < -0.4 is 15.4 Å². The molecule has 0 amide bonds. The van der Waals surface area contributed by atoms with E-state index in [0.29, 0.717) is 27.2 Å². The number of methoxy groups -OCH3 is 2. The summed E-state index contributed by atoms with van der Waals surface area (Å²) in [5, 5.41) is 6.91. The molecule has 0 radical (unpaired) electrons. The summed E-state index contributed by atoms with van der Waals surface area (Å²) in [7, 11) is 2.57. The van der Waals surface area contributed by atoms with Gasteiger partial charge in [0.1, 0.15) is 15.6 Å². The molecular formula is C20H24N2O5S2. The molecule has 2 aromatic rings. The maximum atomic E-state index is 12.2. The van der Waals surface area contributed by atoms with Gasteiger partial charge in [-0.25, -0.2) is 9.59 Å². The number of rotatable bonds is 7. The van der Waals surface area contributed by atoms with Crippen molar-refractivity contribution in [1.29, 1.82) is 0 Å². The van der Waals surface area contributed by atoms with Gasteiger partial charge in [-0.2, -0.15) is 0 Å². The smallest absolute Gasteiger partial charge is 0.348 e. The standard InChI is InChI=1S/C20H24N2O5S2/c1-6-27-14-9-7-13(8-10-14)12(3)21-20(28)22-17-15(18(23)25-4)11(2)16(29-17)19(24)26-5/h7-10,12H,6H2,1-5H3,(H2,21,22,28). The highest BCUT2D eigenvalue weighted by Gasteiger charge is 2.26. The summed E-state index contributed by atoms with van der Waals surface area (Å²) in [6, 6.07) is 7.61. The Labute approximate surface area is 179 Å². The Hall–Kier alpha value is -2.65. The lowest BCUT2D eigenvalue weighted by atomic mass is 10.1. The van der Waals surface area contributed by atoms with Gasteiger partial charge >= 0.3 is 11.9 Å². The van der Waals surface area contributed by atoms with Crippen molar-refractivity contribution < 1.29 is 23.8 Å². The Morgan fingerprint density at radius 1 is 1.14 bits per heavy atom. The van der Waals surface area contributed by atoms with Crippen molar-refractivity contribution >= 4 is 45.6 Å². The predicted octanol–water partition coefficient (Wildman–Crippen LogP) is 4.08. The molecule has 0 aliphatic rings. The van der Waals surface area contributed by atoms with Gasteiger partial charge in [-0.15, -0.1) is 11.3 Å². The maximum absolute atomic E-state index is 12.2. The molecule has 29 heavy (non-hydrogen) atoms. The SMILES string of the molecule is CCOc1ccc(C(C)NC(=S)Nc2sc(C(=O)OC)c(C)c2C(=O)OC)cc1. The third kappa shape index (κ3) is 5.45. The van der Waals surface area contributed by atoms with Crippen LogP contribution in [0, 0.1) is 6.92 Å². The highest BCUT2D eigenvalue weighted by atomic mass is 32.1. The van der Waals surface area contributed by atoms with E-state index in [1.807, 2.05) is 38.1 Å². The zero-order chi connectivity index (χ0) is 21.6. The van der Waals surface area contributed by atoms with E-state index in [-0.39, 0.29) is 11.6 Å². The molecule has 2 rings (SSSR count). The first-order chi connectivity index (χ1) is 13.8. The van der Waals surface area contributed by atoms with Gasteiger partial charge in [-0.1, -0.05) is 12.1 Å². The van der Waals surface area contributed by atoms with Gasteiger partial charge in [-0.3, -0.25) is 0 Å². The van der Waals surface area contributed by atoms with Crippen molar-refractivity contribution in [2.45, 2.75) is 26.8 Å². The molecule has 1 aromatic carbocycles. The highest BCUT2D eigenvalue weighted by molar-refractivity contribution is 7.80. The third-order valence-corrected chi connectivity index (χ3v) is 5.58. The molecule has 1 unspecified atom stereocenters. The Morgan fingerprint density at radius 2 is 1.76 bits per heavy atom. The number of ether oxygens (including phenoxy) is 3. The highest BCUT2D eigenvalue weighted by Crippen LogP contribution is 2.34. The van der Waals surface area contributed by atoms with Crippen LogP contribution in [0.3, 0.4) is 0 Å². The molecule has 2 N–H and O–H groups in total. The molecule has 0 spiro atoms. The van der Waals surface area contributed by atoms with Crippen molar-refractivity contribution in [3.8, 4) is 5.75 Å². The lowest BCUT2D eigenvalue weighted by molar-refractivity contribution is 0.0601. The minimum atomic E-state index is -0.557. The quantitative estimate of drug-likeness (QED) is 0.496. The van der Waals surface area contributed by atoms with E-state index in [0.717, 1.165) is 22.6 Å². The van der Waals surface area contributed by atoms with Gasteiger partial charge in [-0.05, 0) is 56.2 Å². The van der Waals surface area contributed by atoms with Crippen LogP contribution >= 0.6 is 23.6 Å². The predicted molar refractivity (Wildman–Crippen MR) is 117 cm³/mol. The summed E-state index contributed by atoms with van der Waals surface area (Å²) in [5.41, 5.74) is 1.76. The molecule has 0 aliphatic heterocycles. The Morgan fingerprint density at radius 3 is 2.31 bits per heavy atom. The van der Waals surface area contributed by atoms with Gasteiger partial charge in [0, 0.05) is 0 Å². The number of thiocarbonyl (C=S) groups is 1. The summed E-state index contributed by atoms with van der Waals surface area (Å²) in [6.07, 6.45) is 0. The Bertz CT molecular complexity index is 893. The van der Waals surface area contributed by atoms with Crippen LogP contribution in [0.4, 0.5) is 5.00 Å². The molecule has 0 bridgehead atoms. The van der Waals surface area contributed by atoms with Crippen LogP contribution in [0.2, 0.25) is 0 Å². The normalized spacial score (nSPS) is 11.3. The first kappa shape index (κ1) is 22.6. The molecule has 1 heterocycles. The third-order valence-electron chi connectivity index (χ3n) is 4.17. The molecule has 9 heteroatoms. The molecule has 0 aliphatic carbocycles. The summed E-state index contributed by atoms with van der Waals surface area (Å²) >= 11 is 6.49. The second-order valence-corrected chi connectivity index (χ2v) is 7.49. The van der Waals surface area contributed by atoms with Crippen LogP contribution in [0.1, 0.15) is 51.0 Å². The van der Waals surface area contributed by atoms with Crippen LogP contribution in [0.5, 0.6) is 5.75 Å². The fourth-order valence-electron chi connectivity index (χ4n) is 2.68. The molecule has 156 valence electrons. The lowest BCUT2D eigenvalue weighted by Gasteiger charge is -2.17. The van der Waals surface area contributed by atoms with E-state index < -0.39 is 11.9 Å². The van der Waals surface area contributed by atoms with Crippen molar-refractivity contribution in [3.05, 3.63) is 45.8 Å². The van der Waals surface area contributed by atoms with Crippen LogP contribution in [0.25, 0.3) is 0 Å². The summed E-state index contributed by atoms with van der Waals surface area (Å²) in [5.74, 6) is -0.276. The van der Waals surface area contributed by atoms with Gasteiger partial charge in [0.15, 0.2) is 5.11 Å². The second-order valence-electron chi connectivity index (χ2n) is 6.07. The number of nitrogens with one attached hydrogen (secondary N) is 2. The molecular weight excluding hydrogens is 412 g/mol. The van der Waals surface area contributed by atoms with Gasteiger partial charge in [0.25, 0.3) is 0 Å². The topological polar surface area (TPSA) is 85.9 Å². The summed E-state index contributed by atoms with van der Waals surface area (Å²) in [4.78, 5) is 24.5. The fraction of sp³-hybridized carbons (Fsp3) is 0.350. The minimum absolute atomic E-state index is 0.0895. The average Bonchev–Trinajstić information content (AvgIpc) is 3.03. The second kappa shape index (κ2) is 10.2. The van der Waals surface area contributed by atoms with E-state index in [4.69, 9.17) is 26.4 Å². The van der Waals surface area contributed by atoms with E-state index in [2.05, 4.69) is 10.6 Å². The fourth-order valence-corrected chi connectivity index (χ4v) is 4.14. The molecule has 7 nitrogen and oxygen atoms in total. The van der Waals surface area contributed by atoms with E-state index in [1.165, 1.54) is 14.2 Å². The van der Waals surface area contributed by atoms with Crippen LogP contribution in [-0.4, -0.2) is 37.9 Å². The number of anilines is 1. The number of carbonyl (C=O) groups is 2. The van der Waals surface area contributed by atoms with Gasteiger partial charge in [0.05, 0.1) is 32.4 Å². The Balaban J connectivity index is 2.16. The molecule has 0 saturated carbocycles. The number of esters is 2. The number of hydrogen-bond acceptors (Lipinski definition) is 7. The zero-order valence-electron chi connectivity index (χ0n) is 17.0. The van der Waals surface area contributed by atoms with Crippen molar-refractivity contribution in [2.24, 2.45) is 0 Å². The van der Waals surface area contributed by atoms with Gasteiger partial charge < -0.3 is 24.8 Å². The van der Waals surface area contributed by atoms with Crippen molar-refractivity contribution in [3.63, 3.8) is 0 Å². The largest absolute Gasteiger partial charge is 0.494 e. The molecule has 1 atom stereocenters. The van der Waals surface area contributed by atoms with Crippen molar-refractivity contribution in [1.82, 2.24) is 5.32 Å². The van der Waals surface area contributed by atoms with Crippen LogP contribution in [0.15, 0.2) is 24.3 Å².